The van der Waals surface area contributed by atoms with Gasteiger partial charge in [-0.05, 0) is 56.1 Å². The zero-order chi connectivity index (χ0) is 16.2. The zero-order valence-electron chi connectivity index (χ0n) is 12.3. The van der Waals surface area contributed by atoms with Crippen LogP contribution in [-0.2, 0) is 9.84 Å². The molecular formula is C14H19ClF2N2O3S. The van der Waals surface area contributed by atoms with Gasteiger partial charge in [0.25, 0.3) is 5.91 Å². The van der Waals surface area contributed by atoms with Gasteiger partial charge in [0.1, 0.15) is 0 Å². The van der Waals surface area contributed by atoms with Crippen LogP contribution in [0.4, 0.5) is 8.78 Å². The lowest BCUT2D eigenvalue weighted by Crippen LogP contribution is -2.38. The standard InChI is InChI=1S/C14H18F2N2O3S.ClH/c15-14(16)22(20,21)12-5-3-11(4-6-12)13(19)18-9-10-2-1-7-17-8-10;/h3-6,10,14,17H,1-2,7-9H2,(H,18,19);1H. The van der Waals surface area contributed by atoms with E-state index in [2.05, 4.69) is 10.6 Å². The lowest BCUT2D eigenvalue weighted by atomic mass is 10.00. The number of amides is 1. The van der Waals surface area contributed by atoms with E-state index in [1.807, 2.05) is 0 Å². The van der Waals surface area contributed by atoms with Crippen LogP contribution in [0, 0.1) is 5.92 Å². The first kappa shape index (κ1) is 19.8. The molecule has 1 amide bonds. The fourth-order valence-electron chi connectivity index (χ4n) is 2.34. The molecule has 1 heterocycles. The summed E-state index contributed by atoms with van der Waals surface area (Å²) in [5.41, 5.74) is 0.247. The molecule has 1 aromatic rings. The summed E-state index contributed by atoms with van der Waals surface area (Å²) in [6.45, 7) is 2.37. The van der Waals surface area contributed by atoms with Gasteiger partial charge in [0.15, 0.2) is 0 Å². The average Bonchev–Trinajstić information content (AvgIpc) is 2.53. The minimum Gasteiger partial charge on any atom is -0.352 e. The van der Waals surface area contributed by atoms with Gasteiger partial charge in [0, 0.05) is 12.1 Å². The SMILES string of the molecule is Cl.O=C(NCC1CCCNC1)c1ccc(S(=O)(=O)C(F)F)cc1. The molecule has 1 aromatic carbocycles. The number of benzene rings is 1. The Morgan fingerprint density at radius 2 is 1.96 bits per heavy atom. The van der Waals surface area contributed by atoms with Crippen LogP contribution in [0.15, 0.2) is 29.2 Å². The molecule has 9 heteroatoms. The van der Waals surface area contributed by atoms with Crippen molar-refractivity contribution in [2.45, 2.75) is 23.5 Å². The van der Waals surface area contributed by atoms with Gasteiger partial charge in [-0.25, -0.2) is 8.42 Å². The first-order valence-electron chi connectivity index (χ1n) is 7.02. The van der Waals surface area contributed by atoms with Gasteiger partial charge in [-0.3, -0.25) is 4.79 Å². The molecule has 2 N–H and O–H groups in total. The fraction of sp³-hybridized carbons (Fsp3) is 0.500. The van der Waals surface area contributed by atoms with E-state index in [0.717, 1.165) is 38.1 Å². The van der Waals surface area contributed by atoms with E-state index in [4.69, 9.17) is 0 Å². The molecule has 5 nitrogen and oxygen atoms in total. The van der Waals surface area contributed by atoms with Gasteiger partial charge >= 0.3 is 5.76 Å². The topological polar surface area (TPSA) is 75.3 Å². The summed E-state index contributed by atoms with van der Waals surface area (Å²) in [6, 6.07) is 4.53. The third-order valence-electron chi connectivity index (χ3n) is 3.63. The Kier molecular flexibility index (Phi) is 7.37. The third-order valence-corrected chi connectivity index (χ3v) is 5.03. The molecule has 130 valence electrons. The Balaban J connectivity index is 0.00000264. The van der Waals surface area contributed by atoms with E-state index in [1.54, 1.807) is 0 Å². The molecule has 1 saturated heterocycles. The Morgan fingerprint density at radius 3 is 2.48 bits per heavy atom. The zero-order valence-corrected chi connectivity index (χ0v) is 13.9. The highest BCUT2D eigenvalue weighted by molar-refractivity contribution is 7.91. The first-order valence-corrected chi connectivity index (χ1v) is 8.57. The quantitative estimate of drug-likeness (QED) is 0.831. The summed E-state index contributed by atoms with van der Waals surface area (Å²) in [7, 11) is -4.62. The van der Waals surface area contributed by atoms with E-state index in [0.29, 0.717) is 12.5 Å². The maximum absolute atomic E-state index is 12.4. The maximum Gasteiger partial charge on any atom is 0.341 e. The van der Waals surface area contributed by atoms with Crippen LogP contribution in [0.5, 0.6) is 0 Å². The summed E-state index contributed by atoms with van der Waals surface area (Å²) < 4.78 is 47.4. The summed E-state index contributed by atoms with van der Waals surface area (Å²) in [4.78, 5) is 11.5. The van der Waals surface area contributed by atoms with Crippen molar-refractivity contribution in [3.8, 4) is 0 Å². The second-order valence-corrected chi connectivity index (χ2v) is 7.17. The van der Waals surface area contributed by atoms with Crippen molar-refractivity contribution < 1.29 is 22.0 Å². The van der Waals surface area contributed by atoms with Crippen LogP contribution in [0.25, 0.3) is 0 Å². The Hall–Kier alpha value is -1.25. The minimum absolute atomic E-state index is 0. The monoisotopic (exact) mass is 368 g/mol. The molecule has 0 spiro atoms. The molecule has 0 saturated carbocycles. The van der Waals surface area contributed by atoms with Crippen molar-refractivity contribution in [3.05, 3.63) is 29.8 Å². The molecule has 2 rings (SSSR count). The number of hydrogen-bond donors (Lipinski definition) is 2. The maximum atomic E-state index is 12.4. The van der Waals surface area contributed by atoms with Gasteiger partial charge in [-0.2, -0.15) is 8.78 Å². The minimum atomic E-state index is -4.62. The number of piperidine rings is 1. The number of halogens is 3. The molecule has 1 aliphatic heterocycles. The number of alkyl halides is 2. The van der Waals surface area contributed by atoms with E-state index in [-0.39, 0.29) is 23.9 Å². The van der Waals surface area contributed by atoms with E-state index in [9.17, 15) is 22.0 Å². The van der Waals surface area contributed by atoms with Gasteiger partial charge < -0.3 is 10.6 Å². The van der Waals surface area contributed by atoms with Crippen LogP contribution in [0.3, 0.4) is 0 Å². The highest BCUT2D eigenvalue weighted by Gasteiger charge is 2.26. The van der Waals surface area contributed by atoms with Crippen molar-refractivity contribution in [3.63, 3.8) is 0 Å². The molecule has 1 fully saturated rings. The van der Waals surface area contributed by atoms with E-state index < -0.39 is 20.5 Å². The lowest BCUT2D eigenvalue weighted by Gasteiger charge is -2.22. The van der Waals surface area contributed by atoms with Crippen LogP contribution in [0.1, 0.15) is 23.2 Å². The number of carbonyl (C=O) groups is 1. The fourth-order valence-corrected chi connectivity index (χ4v) is 3.06. The van der Waals surface area contributed by atoms with Crippen LogP contribution >= 0.6 is 12.4 Å². The Bertz CT molecular complexity index is 617. The highest BCUT2D eigenvalue weighted by Crippen LogP contribution is 2.18. The number of nitrogens with one attached hydrogen (secondary N) is 2. The van der Waals surface area contributed by atoms with Gasteiger partial charge in [-0.15, -0.1) is 12.4 Å². The van der Waals surface area contributed by atoms with Gasteiger partial charge in [0.2, 0.25) is 9.84 Å². The molecule has 0 radical (unpaired) electrons. The lowest BCUT2D eigenvalue weighted by molar-refractivity contribution is 0.0944. The summed E-state index contributed by atoms with van der Waals surface area (Å²) >= 11 is 0. The Labute approximate surface area is 140 Å². The summed E-state index contributed by atoms with van der Waals surface area (Å²) in [5, 5.41) is 6.02. The molecule has 23 heavy (non-hydrogen) atoms. The van der Waals surface area contributed by atoms with Crippen LogP contribution < -0.4 is 10.6 Å². The van der Waals surface area contributed by atoms with Crippen molar-refractivity contribution in [2.75, 3.05) is 19.6 Å². The second kappa shape index (κ2) is 8.56. The molecule has 0 bridgehead atoms. The predicted molar refractivity (Wildman–Crippen MR) is 84.8 cm³/mol. The van der Waals surface area contributed by atoms with E-state index in [1.165, 1.54) is 12.1 Å². The van der Waals surface area contributed by atoms with Crippen molar-refractivity contribution in [1.82, 2.24) is 10.6 Å². The largest absolute Gasteiger partial charge is 0.352 e. The molecular weight excluding hydrogens is 350 g/mol. The number of sulfone groups is 1. The van der Waals surface area contributed by atoms with Gasteiger partial charge in [0.05, 0.1) is 4.90 Å². The molecule has 0 aromatic heterocycles. The number of hydrogen-bond acceptors (Lipinski definition) is 4. The normalized spacial score (nSPS) is 18.3. The smallest absolute Gasteiger partial charge is 0.341 e. The number of carbonyl (C=O) groups excluding carboxylic acids is 1. The molecule has 1 atom stereocenters. The molecule has 1 unspecified atom stereocenters. The third kappa shape index (κ3) is 5.12. The van der Waals surface area contributed by atoms with E-state index >= 15 is 0 Å². The van der Waals surface area contributed by atoms with Crippen LogP contribution in [-0.4, -0.2) is 39.7 Å². The van der Waals surface area contributed by atoms with Crippen molar-refractivity contribution >= 4 is 28.2 Å². The summed E-state index contributed by atoms with van der Waals surface area (Å²) in [6.07, 6.45) is 2.11. The molecule has 0 aliphatic carbocycles. The second-order valence-electron chi connectivity index (χ2n) is 5.25. The number of rotatable bonds is 5. The predicted octanol–water partition coefficient (Wildman–Crippen LogP) is 1.83. The van der Waals surface area contributed by atoms with Crippen molar-refractivity contribution in [1.29, 1.82) is 0 Å². The van der Waals surface area contributed by atoms with Gasteiger partial charge in [-0.1, -0.05) is 0 Å². The van der Waals surface area contributed by atoms with Crippen molar-refractivity contribution in [2.24, 2.45) is 5.92 Å². The summed E-state index contributed by atoms with van der Waals surface area (Å²) in [5.74, 6) is -3.44. The highest BCUT2D eigenvalue weighted by atomic mass is 35.5. The Morgan fingerprint density at radius 1 is 1.30 bits per heavy atom. The first-order chi connectivity index (χ1) is 10.4. The average molecular weight is 369 g/mol. The molecule has 1 aliphatic rings. The van der Waals surface area contributed by atoms with Crippen LogP contribution in [0.2, 0.25) is 0 Å².